The van der Waals surface area contributed by atoms with E-state index in [2.05, 4.69) is 20.7 Å². The van der Waals surface area contributed by atoms with Crippen molar-refractivity contribution >= 4 is 27.7 Å². The van der Waals surface area contributed by atoms with Crippen LogP contribution in [0.3, 0.4) is 0 Å². The highest BCUT2D eigenvalue weighted by Gasteiger charge is 2.46. The Balaban J connectivity index is 1.91. The molecule has 1 saturated carbocycles. The number of nitrogens with zero attached hydrogens (tertiary/aromatic N) is 1. The van der Waals surface area contributed by atoms with Gasteiger partial charge in [0.1, 0.15) is 6.04 Å². The summed E-state index contributed by atoms with van der Waals surface area (Å²) in [5, 5.41) is 20.1. The molecule has 11 nitrogen and oxygen atoms in total. The number of benzene rings is 1. The zero-order valence-electron chi connectivity index (χ0n) is 27.3. The maximum atomic E-state index is 13.8. The smallest absolute Gasteiger partial charge is 0.407 e. The molecule has 1 heterocycles. The number of β-amino-alcohol motifs (C(OH)–C–C–N with tert-alkyl or cyclic N) is 1. The van der Waals surface area contributed by atoms with Gasteiger partial charge in [-0.25, -0.2) is 13.2 Å². The fourth-order valence-corrected chi connectivity index (χ4v) is 6.95. The molecular formula is C32H52N4O7S. The third-order valence-corrected chi connectivity index (χ3v) is 11.3. The number of nitrogens with one attached hydrogen (secondary N) is 3. The molecule has 6 atom stereocenters. The maximum Gasteiger partial charge on any atom is 0.407 e. The third-order valence-electron chi connectivity index (χ3n) is 9.18. The first kappa shape index (κ1) is 35.8. The van der Waals surface area contributed by atoms with E-state index in [0.29, 0.717) is 24.8 Å². The number of likely N-dealkylation sites (tertiary alicyclic amines) is 1. The molecule has 2 aliphatic rings. The zero-order chi connectivity index (χ0) is 32.9. The lowest BCUT2D eigenvalue weighted by Gasteiger charge is -2.47. The van der Waals surface area contributed by atoms with Crippen LogP contribution < -0.4 is 16.0 Å². The van der Waals surface area contributed by atoms with Crippen molar-refractivity contribution in [2.75, 3.05) is 26.5 Å². The molecule has 4 N–H and O–H groups in total. The van der Waals surface area contributed by atoms with Crippen LogP contribution in [0.4, 0.5) is 4.79 Å². The number of ether oxygens (including phenoxy) is 1. The number of sulfone groups is 1. The first-order valence-electron chi connectivity index (χ1n) is 15.6. The molecule has 1 aromatic rings. The monoisotopic (exact) mass is 636 g/mol. The molecule has 44 heavy (non-hydrogen) atoms. The lowest BCUT2D eigenvalue weighted by molar-refractivity contribution is -0.133. The summed E-state index contributed by atoms with van der Waals surface area (Å²) in [6.45, 7) is 9.35. The molecule has 12 heteroatoms. The Morgan fingerprint density at radius 2 is 1.64 bits per heavy atom. The van der Waals surface area contributed by atoms with Crippen LogP contribution >= 0.6 is 0 Å². The second-order valence-electron chi connectivity index (χ2n) is 14.1. The largest absolute Gasteiger partial charge is 0.453 e. The standard InChI is InChI=1S/C32H52N4O7S/c1-31(2,3)35-28(38)25-18-22-15-11-12-16-23(22)19-36(25)20-26(37)24(17-21-13-9-8-10-14-21)33-29(39)27(34-30(40)43-6)32(4,5)44(7,41)42/h8-10,13-14,22-27,37H,11-12,15-20H2,1-7H3,(H,33,39)(H,34,40)(H,35,38)/t22-,23+,24-,25-,26+,27+/m0/s1. The van der Waals surface area contributed by atoms with Crippen LogP contribution in [0.15, 0.2) is 30.3 Å². The van der Waals surface area contributed by atoms with Crippen molar-refractivity contribution in [1.82, 2.24) is 20.9 Å². The lowest BCUT2D eigenvalue weighted by atomic mass is 9.72. The molecule has 0 bridgehead atoms. The van der Waals surface area contributed by atoms with Crippen LogP contribution in [-0.4, -0.2) is 97.3 Å². The number of aliphatic hydroxyl groups excluding tert-OH is 1. The quantitative estimate of drug-likeness (QED) is 0.289. The predicted octanol–water partition coefficient (Wildman–Crippen LogP) is 2.42. The van der Waals surface area contributed by atoms with Gasteiger partial charge in [-0.05, 0) is 71.3 Å². The van der Waals surface area contributed by atoms with Gasteiger partial charge in [0.25, 0.3) is 0 Å². The summed E-state index contributed by atoms with van der Waals surface area (Å²) >= 11 is 0. The van der Waals surface area contributed by atoms with Gasteiger partial charge in [0.15, 0.2) is 9.84 Å². The Morgan fingerprint density at radius 1 is 1.02 bits per heavy atom. The van der Waals surface area contributed by atoms with Crippen LogP contribution in [0.5, 0.6) is 0 Å². The number of amides is 3. The van der Waals surface area contributed by atoms with Crippen molar-refractivity contribution < 1.29 is 32.6 Å². The molecule has 0 radical (unpaired) electrons. The van der Waals surface area contributed by atoms with Gasteiger partial charge in [0.2, 0.25) is 11.8 Å². The van der Waals surface area contributed by atoms with E-state index in [0.717, 1.165) is 44.6 Å². The number of aliphatic hydroxyl groups is 1. The molecule has 2 fully saturated rings. The highest BCUT2D eigenvalue weighted by molar-refractivity contribution is 7.92. The fourth-order valence-electron chi connectivity index (χ4n) is 6.36. The summed E-state index contributed by atoms with van der Waals surface area (Å²) in [6.07, 6.45) is 4.38. The second-order valence-corrected chi connectivity index (χ2v) is 16.7. The van der Waals surface area contributed by atoms with Gasteiger partial charge < -0.3 is 25.8 Å². The van der Waals surface area contributed by atoms with E-state index in [-0.39, 0.29) is 18.9 Å². The average molecular weight is 637 g/mol. The molecular weight excluding hydrogens is 584 g/mol. The number of carbonyl (C=O) groups is 3. The van der Waals surface area contributed by atoms with Gasteiger partial charge >= 0.3 is 6.09 Å². The molecule has 0 aromatic heterocycles. The van der Waals surface area contributed by atoms with Crippen LogP contribution in [0.25, 0.3) is 0 Å². The van der Waals surface area contributed by atoms with Gasteiger partial charge in [-0.3, -0.25) is 14.5 Å². The summed E-state index contributed by atoms with van der Waals surface area (Å²) < 4.78 is 28.4. The van der Waals surface area contributed by atoms with E-state index in [1.54, 1.807) is 0 Å². The maximum absolute atomic E-state index is 13.8. The van der Waals surface area contributed by atoms with Crippen molar-refractivity contribution in [2.24, 2.45) is 11.8 Å². The van der Waals surface area contributed by atoms with Crippen LogP contribution in [0.1, 0.15) is 72.3 Å². The number of hydrogen-bond acceptors (Lipinski definition) is 8. The molecule has 3 rings (SSSR count). The summed E-state index contributed by atoms with van der Waals surface area (Å²) in [6, 6.07) is 6.56. The summed E-state index contributed by atoms with van der Waals surface area (Å²) in [7, 11) is -2.70. The van der Waals surface area contributed by atoms with E-state index < -0.39 is 56.4 Å². The minimum absolute atomic E-state index is 0.0744. The van der Waals surface area contributed by atoms with Crippen LogP contribution in [0.2, 0.25) is 0 Å². The van der Waals surface area contributed by atoms with Crippen molar-refractivity contribution in [3.05, 3.63) is 35.9 Å². The van der Waals surface area contributed by atoms with Gasteiger partial charge in [-0.15, -0.1) is 0 Å². The molecule has 248 valence electrons. The van der Waals surface area contributed by atoms with Crippen LogP contribution in [0, 0.1) is 11.8 Å². The zero-order valence-corrected chi connectivity index (χ0v) is 28.1. The van der Waals surface area contributed by atoms with Crippen molar-refractivity contribution in [3.8, 4) is 0 Å². The van der Waals surface area contributed by atoms with E-state index in [9.17, 15) is 27.9 Å². The molecule has 1 aliphatic heterocycles. The molecule has 1 aromatic carbocycles. The van der Waals surface area contributed by atoms with Gasteiger partial charge in [-0.1, -0.05) is 49.6 Å². The first-order chi connectivity index (χ1) is 20.4. The van der Waals surface area contributed by atoms with Gasteiger partial charge in [0, 0.05) is 24.9 Å². The summed E-state index contributed by atoms with van der Waals surface area (Å²) in [5.74, 6) is 0.0467. The Hall–Kier alpha value is -2.70. The van der Waals surface area contributed by atoms with Crippen molar-refractivity contribution in [2.45, 2.75) is 108 Å². The molecule has 0 unspecified atom stereocenters. The third kappa shape index (κ3) is 9.40. The Bertz CT molecular complexity index is 1250. The van der Waals surface area contributed by atoms with Crippen molar-refractivity contribution in [3.63, 3.8) is 0 Å². The topological polar surface area (TPSA) is 154 Å². The lowest BCUT2D eigenvalue weighted by Crippen LogP contribution is -2.64. The van der Waals surface area contributed by atoms with E-state index >= 15 is 0 Å². The Morgan fingerprint density at radius 3 is 2.20 bits per heavy atom. The van der Waals surface area contributed by atoms with E-state index in [1.807, 2.05) is 56.0 Å². The Labute approximate surface area is 262 Å². The average Bonchev–Trinajstić information content (AvgIpc) is 2.93. The number of carbonyl (C=O) groups excluding carboxylic acids is 3. The normalized spacial score (nSPS) is 23.4. The minimum atomic E-state index is -3.83. The molecule has 3 amide bonds. The molecule has 1 saturated heterocycles. The molecule has 0 spiro atoms. The number of hydrogen-bond donors (Lipinski definition) is 4. The fraction of sp³-hybridized carbons (Fsp3) is 0.719. The number of fused-ring (bicyclic) bond motifs is 1. The number of rotatable bonds is 11. The summed E-state index contributed by atoms with van der Waals surface area (Å²) in [5.41, 5.74) is 0.438. The summed E-state index contributed by atoms with van der Waals surface area (Å²) in [4.78, 5) is 41.5. The first-order valence-corrected chi connectivity index (χ1v) is 17.4. The van der Waals surface area contributed by atoms with E-state index in [4.69, 9.17) is 0 Å². The van der Waals surface area contributed by atoms with Gasteiger partial charge in [0.05, 0.1) is 30.0 Å². The van der Waals surface area contributed by atoms with Crippen molar-refractivity contribution in [1.29, 1.82) is 0 Å². The highest BCUT2D eigenvalue weighted by Crippen LogP contribution is 2.39. The predicted molar refractivity (Wildman–Crippen MR) is 170 cm³/mol. The van der Waals surface area contributed by atoms with E-state index in [1.165, 1.54) is 13.8 Å². The Kier molecular flexibility index (Phi) is 11.9. The minimum Gasteiger partial charge on any atom is -0.453 e. The number of alkyl carbamates (subject to hydrolysis) is 1. The van der Waals surface area contributed by atoms with Crippen LogP contribution in [-0.2, 0) is 30.6 Å². The second kappa shape index (κ2) is 14.6. The molecule has 1 aliphatic carbocycles. The number of methoxy groups -OCH3 is 1. The van der Waals surface area contributed by atoms with Gasteiger partial charge in [-0.2, -0.15) is 0 Å². The number of piperidine rings is 1. The highest BCUT2D eigenvalue weighted by atomic mass is 32.2. The SMILES string of the molecule is COC(=O)N[C@H](C(=O)N[C@@H](Cc1ccccc1)[C@H](O)CN1C[C@H]2CCCC[C@H]2C[C@H]1C(=O)NC(C)(C)C)C(C)(C)S(C)(=O)=O.